The number of anilines is 1. The van der Waals surface area contributed by atoms with Crippen LogP contribution in [0.1, 0.15) is 52.6 Å². The number of fused-ring (bicyclic) bond motifs is 1. The monoisotopic (exact) mass is 848 g/mol. The minimum Gasteiger partial charge on any atom is -0.489 e. The number of nitrogens with zero attached hydrogens (tertiary/aromatic N) is 7. The molecule has 0 aliphatic carbocycles. The second-order valence-electron chi connectivity index (χ2n) is 9.96. The van der Waals surface area contributed by atoms with Gasteiger partial charge in [-0.2, -0.15) is 14.9 Å². The van der Waals surface area contributed by atoms with Crippen molar-refractivity contribution in [2.24, 2.45) is 15.7 Å². The van der Waals surface area contributed by atoms with Gasteiger partial charge in [-0.1, -0.05) is 23.0 Å². The summed E-state index contributed by atoms with van der Waals surface area (Å²) in [5.74, 6) is 48.9. The third-order valence-corrected chi connectivity index (χ3v) is 7.32. The number of carbonyl (C=O) groups is 1. The minimum atomic E-state index is -0.408. The van der Waals surface area contributed by atoms with E-state index in [1.165, 1.54) is 17.5 Å². The van der Waals surface area contributed by atoms with Crippen molar-refractivity contribution in [2.45, 2.75) is 34.3 Å². The van der Waals surface area contributed by atoms with Crippen LogP contribution in [0.5, 0.6) is 5.75 Å². The number of nitrogen functional groups attached to an aromatic ring is 1. The molecule has 4 aromatic rings. The molecular formula is C42H44N10O6S2. The molecule has 0 spiro atoms. The van der Waals surface area contributed by atoms with Crippen molar-refractivity contribution < 1.29 is 40.2 Å². The summed E-state index contributed by atoms with van der Waals surface area (Å²) in [4.78, 5) is 24.1. The molecule has 1 aromatic carbocycles. The van der Waals surface area contributed by atoms with Crippen molar-refractivity contribution in [3.63, 3.8) is 0 Å². The minimum absolute atomic E-state index is 0. The Morgan fingerprint density at radius 3 is 2.12 bits per heavy atom. The third kappa shape index (κ3) is 17.4. The van der Waals surface area contributed by atoms with Crippen LogP contribution in [0.4, 0.5) is 5.82 Å². The van der Waals surface area contributed by atoms with Crippen LogP contribution in [0.25, 0.3) is 21.5 Å². The van der Waals surface area contributed by atoms with Crippen LogP contribution in [-0.2, 0) is 20.6 Å². The molecule has 0 saturated carbocycles. The maximum Gasteiger partial charge on any atom is 0.341 e. The van der Waals surface area contributed by atoms with E-state index in [0.29, 0.717) is 23.8 Å². The van der Waals surface area contributed by atoms with Gasteiger partial charge in [0.05, 0.1) is 16.9 Å². The number of thiophene rings is 1. The highest BCUT2D eigenvalue weighted by Crippen LogP contribution is 2.34. The van der Waals surface area contributed by atoms with Crippen LogP contribution >= 0.6 is 24.2 Å². The van der Waals surface area contributed by atoms with Gasteiger partial charge in [-0.3, -0.25) is 5.10 Å². The summed E-state index contributed by atoms with van der Waals surface area (Å²) in [7, 11) is 0. The normalized spacial score (nSPS) is 8.35. The predicted molar refractivity (Wildman–Crippen MR) is 243 cm³/mol. The molecule has 0 unspecified atom stereocenters. The fourth-order valence-electron chi connectivity index (χ4n) is 3.78. The van der Waals surface area contributed by atoms with Crippen LogP contribution in [0.15, 0.2) is 45.4 Å². The van der Waals surface area contributed by atoms with Crippen molar-refractivity contribution in [3.05, 3.63) is 52.3 Å². The van der Waals surface area contributed by atoms with Crippen molar-refractivity contribution >= 4 is 46.1 Å². The number of benzene rings is 1. The van der Waals surface area contributed by atoms with Crippen LogP contribution < -0.4 is 10.5 Å². The maximum atomic E-state index is 12.2. The number of terminal acetylenes is 1. The summed E-state index contributed by atoms with van der Waals surface area (Å²) in [6, 6.07) is 5.84. The lowest BCUT2D eigenvalue weighted by Crippen LogP contribution is -2.10. The van der Waals surface area contributed by atoms with Gasteiger partial charge in [-0.15, -0.1) is 17.8 Å². The standard InChI is InChI=1S/C21H21N5O3S.C21H4.H3N5O3S.8H2/c1-4-28-21(27)15-8-23-19(22)17-14(10-30-18(15)17)9-29-16-7-13(6-5-11(16)2)20-24-12(3)25-26-20;1-3-5-7-9-11-13-15-17-19-21-20-18-16-14-12-10-8-6-4-2;1-2-3-4-5(7-6)8-9;;;;;;;;/h5-8,10H,4,9H2,1-3H3,(H2,22,23)(H,24,25,26);1H,2H3;1,6,9H;8*1H/b;;2-1?,4-3+;;;;;;;;. The number of nitrogens with one attached hydrogen (secondary N) is 2. The SMILES string of the molecule is C#CC#CC#CC#CC#CC#CC#CC#CC#CC#CC.CCOC(=O)c1cnc(N)c2c(COc3cc(-c4n[nH]c(C)n4)ccc3C)csc12.N=N/N=N/N(OO)OS.[HH].[HH].[HH].[HH].[HH].[HH].[HH].[HH]. The number of nitrogens with two attached hydrogens (primary N) is 1. The van der Waals surface area contributed by atoms with Crippen molar-refractivity contribution in [1.82, 2.24) is 25.5 Å². The number of hydrogen-bond acceptors (Lipinski definition) is 14. The van der Waals surface area contributed by atoms with Gasteiger partial charge in [0.25, 0.3) is 0 Å². The van der Waals surface area contributed by atoms with E-state index in [2.05, 4.69) is 171 Å². The molecule has 0 bridgehead atoms. The van der Waals surface area contributed by atoms with E-state index >= 15 is 0 Å². The summed E-state index contributed by atoms with van der Waals surface area (Å²) in [5, 5.41) is 25.5. The first kappa shape index (κ1) is 47.5. The lowest BCUT2D eigenvalue weighted by atomic mass is 10.1. The lowest BCUT2D eigenvalue weighted by molar-refractivity contribution is -0.478. The van der Waals surface area contributed by atoms with Crippen molar-refractivity contribution in [1.29, 1.82) is 5.53 Å². The van der Waals surface area contributed by atoms with Crippen LogP contribution in [0, 0.1) is 138 Å². The average molecular weight is 849 g/mol. The summed E-state index contributed by atoms with van der Waals surface area (Å²) in [5.41, 5.74) is 15.3. The molecule has 0 radical (unpaired) electrons. The third-order valence-electron chi connectivity index (χ3n) is 6.12. The van der Waals surface area contributed by atoms with Crippen molar-refractivity contribution in [2.75, 3.05) is 12.3 Å². The number of aryl methyl sites for hydroxylation is 2. The molecule has 0 aliphatic rings. The Kier molecular flexibility index (Phi) is 22.8. The number of hydrogen-bond donors (Lipinski definition) is 5. The number of aromatic amines is 1. The molecule has 0 atom stereocenters. The number of carbonyl (C=O) groups excluding carboxylic acids is 1. The molecular weight excluding hydrogens is 805 g/mol. The Morgan fingerprint density at radius 1 is 1.02 bits per heavy atom. The molecule has 4 rings (SSSR count). The Balaban J connectivity index is -0.000000174. The highest BCUT2D eigenvalue weighted by atomic mass is 32.1. The lowest BCUT2D eigenvalue weighted by Gasteiger charge is -2.11. The van der Waals surface area contributed by atoms with Crippen LogP contribution in [-0.4, -0.2) is 43.3 Å². The number of esters is 1. The highest BCUT2D eigenvalue weighted by molar-refractivity contribution is 7.75. The van der Waals surface area contributed by atoms with Gasteiger partial charge < -0.3 is 15.2 Å². The quantitative estimate of drug-likeness (QED) is 0.0201. The maximum absolute atomic E-state index is 12.2. The number of pyridine rings is 1. The molecule has 0 saturated heterocycles. The first-order valence-corrected chi connectivity index (χ1v) is 17.5. The summed E-state index contributed by atoms with van der Waals surface area (Å²) in [6.45, 7) is 7.88. The molecule has 3 heterocycles. The first-order valence-electron chi connectivity index (χ1n) is 16.3. The number of rotatable bonds is 10. The van der Waals surface area contributed by atoms with E-state index < -0.39 is 5.97 Å². The fourth-order valence-corrected chi connectivity index (χ4v) is 4.90. The molecule has 60 heavy (non-hydrogen) atoms. The largest absolute Gasteiger partial charge is 0.489 e. The second-order valence-corrected chi connectivity index (χ2v) is 11.0. The summed E-state index contributed by atoms with van der Waals surface area (Å²) in [6.07, 6.45) is 6.36. The van der Waals surface area contributed by atoms with E-state index in [4.69, 9.17) is 32.4 Å². The zero-order chi connectivity index (χ0) is 43.8. The van der Waals surface area contributed by atoms with Gasteiger partial charge in [0.15, 0.2) is 5.82 Å². The molecule has 310 valence electrons. The smallest absolute Gasteiger partial charge is 0.341 e. The van der Waals surface area contributed by atoms with E-state index in [9.17, 15) is 4.79 Å². The van der Waals surface area contributed by atoms with Crippen LogP contribution in [0.2, 0.25) is 0 Å². The number of thiol groups is 1. The summed E-state index contributed by atoms with van der Waals surface area (Å²) < 4.78 is 15.8. The van der Waals surface area contributed by atoms with Crippen LogP contribution in [0.3, 0.4) is 0 Å². The van der Waals surface area contributed by atoms with Gasteiger partial charge in [-0.25, -0.2) is 20.0 Å². The van der Waals surface area contributed by atoms with Gasteiger partial charge in [0.1, 0.15) is 24.0 Å². The molecule has 3 aromatic heterocycles. The Morgan fingerprint density at radius 2 is 1.62 bits per heavy atom. The number of ether oxygens (including phenoxy) is 2. The Labute approximate surface area is 367 Å². The first-order chi connectivity index (χ1) is 29.2. The second kappa shape index (κ2) is 28.7. The fraction of sp³-hybridized carbons (Fsp3) is 0.143. The average Bonchev–Trinajstić information content (AvgIpc) is 3.90. The Hall–Kier alpha value is -8.63. The van der Waals surface area contributed by atoms with Gasteiger partial charge in [0.2, 0.25) is 0 Å². The van der Waals surface area contributed by atoms with Gasteiger partial charge in [0, 0.05) is 69.4 Å². The predicted octanol–water partition coefficient (Wildman–Crippen LogP) is 7.46. The molecule has 16 nitrogen and oxygen atoms in total. The van der Waals surface area contributed by atoms with E-state index in [0.717, 1.165) is 38.4 Å². The van der Waals surface area contributed by atoms with Gasteiger partial charge in [-0.05, 0) is 150 Å². The van der Waals surface area contributed by atoms with Gasteiger partial charge >= 0.3 is 5.97 Å². The van der Waals surface area contributed by atoms with E-state index in [1.807, 2.05) is 37.4 Å². The zero-order valence-corrected chi connectivity index (χ0v) is 33.6. The van der Waals surface area contributed by atoms with Crippen molar-refractivity contribution in [3.8, 4) is 136 Å². The Bertz CT molecular complexity index is 2880. The molecule has 0 aliphatic heterocycles. The van der Waals surface area contributed by atoms with E-state index in [1.54, 1.807) is 13.8 Å². The number of aromatic nitrogens is 4. The summed E-state index contributed by atoms with van der Waals surface area (Å²) >= 11 is 4.58. The molecule has 5 N–H and O–H groups in total. The zero-order valence-electron chi connectivity index (χ0n) is 31.9. The molecule has 18 heteroatoms. The van der Waals surface area contributed by atoms with E-state index in [-0.39, 0.29) is 23.4 Å². The molecule has 0 fully saturated rings. The topological polar surface area (TPSA) is 219 Å². The highest BCUT2D eigenvalue weighted by Gasteiger charge is 2.19. The number of H-pyrrole nitrogens is 1. The molecule has 0 amide bonds.